The van der Waals surface area contributed by atoms with Crippen LogP contribution in [0.3, 0.4) is 0 Å². The van der Waals surface area contributed by atoms with Gasteiger partial charge in [-0.1, -0.05) is 31.9 Å². The maximum Gasteiger partial charge on any atom is 0.323 e. The van der Waals surface area contributed by atoms with Crippen LogP contribution in [0, 0.1) is 0 Å². The van der Waals surface area contributed by atoms with Crippen LogP contribution in [0.5, 0.6) is 11.5 Å². The minimum absolute atomic E-state index is 0.169. The average molecular weight is 368 g/mol. The molecule has 0 atom stereocenters. The van der Waals surface area contributed by atoms with Gasteiger partial charge in [-0.25, -0.2) is 4.98 Å². The molecule has 1 aromatic heterocycles. The third-order valence-corrected chi connectivity index (χ3v) is 4.38. The Morgan fingerprint density at radius 3 is 2.74 bits per heavy atom. The number of aromatic nitrogens is 2. The van der Waals surface area contributed by atoms with E-state index < -0.39 is 5.97 Å². The highest BCUT2D eigenvalue weighted by molar-refractivity contribution is 5.84. The van der Waals surface area contributed by atoms with Gasteiger partial charge in [-0.2, -0.15) is 0 Å². The Hall–Kier alpha value is -3.02. The topological polar surface area (TPSA) is 73.6 Å². The summed E-state index contributed by atoms with van der Waals surface area (Å²) in [5.41, 5.74) is 2.29. The van der Waals surface area contributed by atoms with Crippen molar-refractivity contribution in [3.05, 3.63) is 42.5 Å². The summed E-state index contributed by atoms with van der Waals surface area (Å²) >= 11 is 0. The molecule has 0 saturated heterocycles. The molecule has 0 saturated carbocycles. The number of fused-ring (bicyclic) bond motifs is 1. The molecule has 0 bridgehead atoms. The van der Waals surface area contributed by atoms with Crippen molar-refractivity contribution < 1.29 is 19.4 Å². The second kappa shape index (κ2) is 8.58. The number of carboxylic acid groups (broad SMARTS) is 1. The van der Waals surface area contributed by atoms with Gasteiger partial charge >= 0.3 is 5.97 Å². The summed E-state index contributed by atoms with van der Waals surface area (Å²) in [7, 11) is 1.61. The Bertz CT molecular complexity index is 933. The standard InChI is InChI=1S/C21H24N2O4/c1-3-4-7-12-27-19-13-15(26-2)10-11-16(19)21-22-17-8-5-6-9-18(17)23(21)14-20(24)25/h5-6,8-11,13H,3-4,7,12,14H2,1-2H3,(H,24,25). The highest BCUT2D eigenvalue weighted by atomic mass is 16.5. The third-order valence-electron chi connectivity index (χ3n) is 4.38. The van der Waals surface area contributed by atoms with E-state index in [0.29, 0.717) is 23.9 Å². The van der Waals surface area contributed by atoms with Crippen LogP contribution in [0.1, 0.15) is 26.2 Å². The fourth-order valence-corrected chi connectivity index (χ4v) is 3.04. The minimum atomic E-state index is -0.918. The predicted molar refractivity (Wildman–Crippen MR) is 104 cm³/mol. The first-order valence-corrected chi connectivity index (χ1v) is 9.12. The molecule has 0 amide bonds. The van der Waals surface area contributed by atoms with Gasteiger partial charge in [-0.05, 0) is 30.7 Å². The van der Waals surface area contributed by atoms with E-state index in [9.17, 15) is 9.90 Å². The van der Waals surface area contributed by atoms with Crippen LogP contribution < -0.4 is 9.47 Å². The van der Waals surface area contributed by atoms with Crippen LogP contribution in [0.2, 0.25) is 0 Å². The molecule has 0 fully saturated rings. The number of aliphatic carboxylic acids is 1. The van der Waals surface area contributed by atoms with Crippen LogP contribution in [-0.4, -0.2) is 34.3 Å². The maximum absolute atomic E-state index is 11.4. The summed E-state index contributed by atoms with van der Waals surface area (Å²) in [4.78, 5) is 16.1. The molecule has 0 aliphatic rings. The Kier molecular flexibility index (Phi) is 5.96. The molecule has 6 nitrogen and oxygen atoms in total. The Labute approximate surface area is 158 Å². The van der Waals surface area contributed by atoms with Gasteiger partial charge in [0.2, 0.25) is 0 Å². The molecule has 3 rings (SSSR count). The van der Waals surface area contributed by atoms with Crippen LogP contribution in [0.4, 0.5) is 0 Å². The molecule has 27 heavy (non-hydrogen) atoms. The van der Waals surface area contributed by atoms with Crippen molar-refractivity contribution in [3.63, 3.8) is 0 Å². The lowest BCUT2D eigenvalue weighted by Crippen LogP contribution is -2.10. The second-order valence-electron chi connectivity index (χ2n) is 6.32. The zero-order valence-corrected chi connectivity index (χ0v) is 15.6. The van der Waals surface area contributed by atoms with Gasteiger partial charge in [0.25, 0.3) is 0 Å². The van der Waals surface area contributed by atoms with Crippen molar-refractivity contribution in [3.8, 4) is 22.9 Å². The molecular weight excluding hydrogens is 344 g/mol. The van der Waals surface area contributed by atoms with Crippen LogP contribution in [-0.2, 0) is 11.3 Å². The molecule has 0 aliphatic carbocycles. The normalized spacial score (nSPS) is 10.9. The van der Waals surface area contributed by atoms with Gasteiger partial charge in [0, 0.05) is 6.07 Å². The average Bonchev–Trinajstić information content (AvgIpc) is 3.03. The molecule has 1 heterocycles. The number of hydrogen-bond donors (Lipinski definition) is 1. The van der Waals surface area contributed by atoms with E-state index in [1.165, 1.54) is 0 Å². The first-order chi connectivity index (χ1) is 13.1. The molecule has 0 radical (unpaired) electrons. The SMILES string of the molecule is CCCCCOc1cc(OC)ccc1-c1nc2ccccc2n1CC(=O)O. The number of carbonyl (C=O) groups is 1. The highest BCUT2D eigenvalue weighted by Crippen LogP contribution is 2.35. The quantitative estimate of drug-likeness (QED) is 0.568. The highest BCUT2D eigenvalue weighted by Gasteiger charge is 2.18. The molecule has 0 unspecified atom stereocenters. The number of rotatable bonds is 9. The van der Waals surface area contributed by atoms with E-state index in [0.717, 1.165) is 35.9 Å². The van der Waals surface area contributed by atoms with Crippen molar-refractivity contribution in [2.75, 3.05) is 13.7 Å². The lowest BCUT2D eigenvalue weighted by molar-refractivity contribution is -0.137. The number of imidazole rings is 1. The first-order valence-electron chi connectivity index (χ1n) is 9.12. The van der Waals surface area contributed by atoms with Gasteiger partial charge in [-0.15, -0.1) is 0 Å². The molecule has 3 aromatic rings. The molecule has 142 valence electrons. The Balaban J connectivity index is 2.07. The van der Waals surface area contributed by atoms with Gasteiger partial charge < -0.3 is 19.1 Å². The smallest absolute Gasteiger partial charge is 0.323 e. The van der Waals surface area contributed by atoms with Crippen LogP contribution in [0.25, 0.3) is 22.4 Å². The first kappa shape index (κ1) is 18.8. The molecule has 6 heteroatoms. The molecule has 0 aliphatic heterocycles. The summed E-state index contributed by atoms with van der Waals surface area (Å²) in [5, 5.41) is 9.37. The number of methoxy groups -OCH3 is 1. The van der Waals surface area contributed by atoms with Crippen LogP contribution >= 0.6 is 0 Å². The van der Waals surface area contributed by atoms with E-state index in [4.69, 9.17) is 9.47 Å². The number of ether oxygens (including phenoxy) is 2. The zero-order valence-electron chi connectivity index (χ0n) is 15.6. The van der Waals surface area contributed by atoms with Crippen molar-refractivity contribution in [2.24, 2.45) is 0 Å². The van der Waals surface area contributed by atoms with Crippen molar-refractivity contribution >= 4 is 17.0 Å². The predicted octanol–water partition coefficient (Wildman–Crippen LogP) is 4.37. The lowest BCUT2D eigenvalue weighted by atomic mass is 10.1. The second-order valence-corrected chi connectivity index (χ2v) is 6.32. The lowest BCUT2D eigenvalue weighted by Gasteiger charge is -2.14. The number of carboxylic acids is 1. The summed E-state index contributed by atoms with van der Waals surface area (Å²) < 4.78 is 13.0. The summed E-state index contributed by atoms with van der Waals surface area (Å²) in [5.74, 6) is 0.989. The van der Waals surface area contributed by atoms with E-state index >= 15 is 0 Å². The van der Waals surface area contributed by atoms with Gasteiger partial charge in [-0.3, -0.25) is 4.79 Å². The summed E-state index contributed by atoms with van der Waals surface area (Å²) in [6, 6.07) is 13.0. The van der Waals surface area contributed by atoms with Gasteiger partial charge in [0.15, 0.2) is 0 Å². The number of unbranched alkanes of at least 4 members (excludes halogenated alkanes) is 2. The number of nitrogens with zero attached hydrogens (tertiary/aromatic N) is 2. The van der Waals surface area contributed by atoms with E-state index in [-0.39, 0.29) is 6.54 Å². The van der Waals surface area contributed by atoms with E-state index in [2.05, 4.69) is 11.9 Å². The molecular formula is C21H24N2O4. The Morgan fingerprint density at radius 1 is 1.19 bits per heavy atom. The third kappa shape index (κ3) is 4.22. The van der Waals surface area contributed by atoms with Crippen molar-refractivity contribution in [1.82, 2.24) is 9.55 Å². The zero-order chi connectivity index (χ0) is 19.2. The molecule has 0 spiro atoms. The monoisotopic (exact) mass is 368 g/mol. The van der Waals surface area contributed by atoms with E-state index in [1.54, 1.807) is 11.7 Å². The number of para-hydroxylation sites is 2. The summed E-state index contributed by atoms with van der Waals surface area (Å²) in [6.45, 7) is 2.57. The largest absolute Gasteiger partial charge is 0.497 e. The molecule has 1 N–H and O–H groups in total. The maximum atomic E-state index is 11.4. The van der Waals surface area contributed by atoms with Gasteiger partial charge in [0.1, 0.15) is 23.9 Å². The minimum Gasteiger partial charge on any atom is -0.497 e. The van der Waals surface area contributed by atoms with E-state index in [1.807, 2.05) is 42.5 Å². The number of benzene rings is 2. The van der Waals surface area contributed by atoms with Gasteiger partial charge in [0.05, 0.1) is 30.3 Å². The number of hydrogen-bond acceptors (Lipinski definition) is 4. The van der Waals surface area contributed by atoms with Crippen molar-refractivity contribution in [2.45, 2.75) is 32.7 Å². The Morgan fingerprint density at radius 2 is 2.00 bits per heavy atom. The fraction of sp³-hybridized carbons (Fsp3) is 0.333. The fourth-order valence-electron chi connectivity index (χ4n) is 3.04. The van der Waals surface area contributed by atoms with Crippen LogP contribution in [0.15, 0.2) is 42.5 Å². The summed E-state index contributed by atoms with van der Waals surface area (Å²) in [6.07, 6.45) is 3.16. The van der Waals surface area contributed by atoms with Crippen molar-refractivity contribution in [1.29, 1.82) is 0 Å². The molecule has 2 aromatic carbocycles.